The molecule has 0 bridgehead atoms. The molecule has 2 N–H and O–H groups in total. The second-order valence-electron chi connectivity index (χ2n) is 4.99. The second-order valence-corrected chi connectivity index (χ2v) is 4.99. The van der Waals surface area contributed by atoms with E-state index < -0.39 is 18.0 Å². The zero-order valence-electron chi connectivity index (χ0n) is 13.8. The number of carbonyl (C=O) groups excluding carboxylic acids is 2. The van der Waals surface area contributed by atoms with Crippen molar-refractivity contribution in [2.75, 3.05) is 24.9 Å². The van der Waals surface area contributed by atoms with Gasteiger partial charge in [0.1, 0.15) is 17.1 Å². The fraction of sp³-hybridized carbons (Fsp3) is 0.176. The first-order valence-corrected chi connectivity index (χ1v) is 7.27. The van der Waals surface area contributed by atoms with Gasteiger partial charge in [-0.1, -0.05) is 18.2 Å². The standard InChI is InChI=1S/C17H15F3N2O4/c1-25-12-8-5-9-13(26-2)14(12)15(23)21-10-6-3-4-7-11(10)22-16(24)17(18,19)20/h3-9H,1-2H3,(H,21,23)(H,22,24). The number of ether oxygens (including phenoxy) is 2. The predicted molar refractivity (Wildman–Crippen MR) is 88.6 cm³/mol. The van der Waals surface area contributed by atoms with Crippen molar-refractivity contribution in [3.63, 3.8) is 0 Å². The second kappa shape index (κ2) is 7.77. The quantitative estimate of drug-likeness (QED) is 0.848. The van der Waals surface area contributed by atoms with E-state index in [-0.39, 0.29) is 28.4 Å². The van der Waals surface area contributed by atoms with Gasteiger partial charge in [0.2, 0.25) is 0 Å². The lowest BCUT2D eigenvalue weighted by Crippen LogP contribution is -2.30. The molecule has 0 fully saturated rings. The van der Waals surface area contributed by atoms with Crippen LogP contribution in [-0.4, -0.2) is 32.2 Å². The Balaban J connectivity index is 2.33. The maximum Gasteiger partial charge on any atom is 0.471 e. The summed E-state index contributed by atoms with van der Waals surface area (Å²) in [4.78, 5) is 23.8. The van der Waals surface area contributed by atoms with Crippen LogP contribution in [0.4, 0.5) is 24.5 Å². The van der Waals surface area contributed by atoms with Gasteiger partial charge < -0.3 is 20.1 Å². The van der Waals surface area contributed by atoms with Gasteiger partial charge in [0, 0.05) is 0 Å². The van der Waals surface area contributed by atoms with Crippen molar-refractivity contribution in [1.29, 1.82) is 0 Å². The Hall–Kier alpha value is -3.23. The van der Waals surface area contributed by atoms with Gasteiger partial charge >= 0.3 is 12.1 Å². The van der Waals surface area contributed by atoms with Gasteiger partial charge in [0.25, 0.3) is 5.91 Å². The molecule has 2 amide bonds. The number of benzene rings is 2. The molecule has 0 aromatic heterocycles. The van der Waals surface area contributed by atoms with Gasteiger partial charge in [0.05, 0.1) is 25.6 Å². The van der Waals surface area contributed by atoms with Crippen LogP contribution in [0.15, 0.2) is 42.5 Å². The number of methoxy groups -OCH3 is 2. The maximum absolute atomic E-state index is 12.6. The van der Waals surface area contributed by atoms with Crippen molar-refractivity contribution in [2.45, 2.75) is 6.18 Å². The molecule has 2 aromatic rings. The van der Waals surface area contributed by atoms with E-state index in [4.69, 9.17) is 9.47 Å². The molecule has 9 heteroatoms. The van der Waals surface area contributed by atoms with Crippen LogP contribution in [0.2, 0.25) is 0 Å². The first kappa shape index (κ1) is 19.1. The smallest absolute Gasteiger partial charge is 0.471 e. The van der Waals surface area contributed by atoms with Gasteiger partial charge in [-0.3, -0.25) is 9.59 Å². The molecule has 0 spiro atoms. The van der Waals surface area contributed by atoms with E-state index in [2.05, 4.69) is 5.32 Å². The van der Waals surface area contributed by atoms with Gasteiger partial charge in [-0.15, -0.1) is 0 Å². The predicted octanol–water partition coefficient (Wildman–Crippen LogP) is 3.46. The molecule has 0 unspecified atom stereocenters. The summed E-state index contributed by atoms with van der Waals surface area (Å²) in [6.07, 6.45) is -5.05. The molecule has 138 valence electrons. The molecule has 0 saturated carbocycles. The van der Waals surface area contributed by atoms with Crippen molar-refractivity contribution < 1.29 is 32.2 Å². The summed E-state index contributed by atoms with van der Waals surface area (Å²) in [6.45, 7) is 0. The van der Waals surface area contributed by atoms with E-state index in [0.29, 0.717) is 0 Å². The lowest BCUT2D eigenvalue weighted by atomic mass is 10.1. The van der Waals surface area contributed by atoms with Gasteiger partial charge in [-0.05, 0) is 24.3 Å². The van der Waals surface area contributed by atoms with Gasteiger partial charge in [-0.2, -0.15) is 13.2 Å². The molecule has 26 heavy (non-hydrogen) atoms. The van der Waals surface area contributed by atoms with Crippen LogP contribution < -0.4 is 20.1 Å². The molecule has 2 aromatic carbocycles. The molecule has 6 nitrogen and oxygen atoms in total. The van der Waals surface area contributed by atoms with E-state index in [1.165, 1.54) is 50.6 Å². The molecule has 0 aliphatic rings. The van der Waals surface area contributed by atoms with Crippen LogP contribution >= 0.6 is 0 Å². The molecule has 0 aliphatic carbocycles. The average molecular weight is 368 g/mol. The number of amides is 2. The number of para-hydroxylation sites is 2. The third-order valence-corrected chi connectivity index (χ3v) is 3.34. The highest BCUT2D eigenvalue weighted by atomic mass is 19.4. The molecule has 0 aliphatic heterocycles. The monoisotopic (exact) mass is 368 g/mol. The molecule has 0 radical (unpaired) electrons. The normalized spacial score (nSPS) is 10.8. The highest BCUT2D eigenvalue weighted by molar-refractivity contribution is 6.10. The van der Waals surface area contributed by atoms with E-state index in [1.54, 1.807) is 11.4 Å². The summed E-state index contributed by atoms with van der Waals surface area (Å²) in [7, 11) is 2.73. The van der Waals surface area contributed by atoms with E-state index >= 15 is 0 Å². The number of nitrogens with one attached hydrogen (secondary N) is 2. The van der Waals surface area contributed by atoms with Crippen LogP contribution in [0, 0.1) is 0 Å². The third-order valence-electron chi connectivity index (χ3n) is 3.34. The first-order valence-electron chi connectivity index (χ1n) is 7.27. The molecular formula is C17H15F3N2O4. The third kappa shape index (κ3) is 4.24. The highest BCUT2D eigenvalue weighted by Gasteiger charge is 2.39. The van der Waals surface area contributed by atoms with Crippen molar-refractivity contribution >= 4 is 23.2 Å². The topological polar surface area (TPSA) is 76.7 Å². The Morgan fingerprint density at radius 3 is 1.81 bits per heavy atom. The number of hydrogen-bond donors (Lipinski definition) is 2. The summed E-state index contributed by atoms with van der Waals surface area (Å²) in [5, 5.41) is 4.18. The van der Waals surface area contributed by atoms with Crippen LogP contribution in [-0.2, 0) is 4.79 Å². The summed E-state index contributed by atoms with van der Waals surface area (Å²) in [5.41, 5.74) is -0.144. The fourth-order valence-electron chi connectivity index (χ4n) is 2.15. The van der Waals surface area contributed by atoms with Crippen LogP contribution in [0.1, 0.15) is 10.4 Å². The summed E-state index contributed by atoms with van der Waals surface area (Å²) in [5.74, 6) is -2.38. The Morgan fingerprint density at radius 1 is 0.846 bits per heavy atom. The SMILES string of the molecule is COc1cccc(OC)c1C(=O)Nc1ccccc1NC(=O)C(F)(F)F. The van der Waals surface area contributed by atoms with E-state index in [9.17, 15) is 22.8 Å². The number of hydrogen-bond acceptors (Lipinski definition) is 4. The van der Waals surface area contributed by atoms with Crippen molar-refractivity contribution in [2.24, 2.45) is 0 Å². The zero-order chi connectivity index (χ0) is 19.3. The average Bonchev–Trinajstić information content (AvgIpc) is 2.61. The van der Waals surface area contributed by atoms with E-state index in [0.717, 1.165) is 0 Å². The van der Waals surface area contributed by atoms with Crippen molar-refractivity contribution in [1.82, 2.24) is 0 Å². The number of halogens is 3. The number of alkyl halides is 3. The molecular weight excluding hydrogens is 353 g/mol. The Kier molecular flexibility index (Phi) is 5.71. The Bertz CT molecular complexity index is 800. The van der Waals surface area contributed by atoms with Gasteiger partial charge in [0.15, 0.2) is 0 Å². The van der Waals surface area contributed by atoms with E-state index in [1.807, 2.05) is 0 Å². The number of anilines is 2. The minimum atomic E-state index is -5.05. The summed E-state index contributed by atoms with van der Waals surface area (Å²) < 4.78 is 47.6. The maximum atomic E-state index is 12.6. The molecule has 0 heterocycles. The van der Waals surface area contributed by atoms with Crippen molar-refractivity contribution in [3.8, 4) is 11.5 Å². The van der Waals surface area contributed by atoms with Crippen molar-refractivity contribution in [3.05, 3.63) is 48.0 Å². The highest BCUT2D eigenvalue weighted by Crippen LogP contribution is 2.31. The summed E-state index contributed by atoms with van der Waals surface area (Å²) in [6, 6.07) is 10.2. The minimum absolute atomic E-state index is 0.0111. The minimum Gasteiger partial charge on any atom is -0.496 e. The van der Waals surface area contributed by atoms with Gasteiger partial charge in [-0.25, -0.2) is 0 Å². The lowest BCUT2D eigenvalue weighted by molar-refractivity contribution is -0.167. The Morgan fingerprint density at radius 2 is 1.35 bits per heavy atom. The first-order chi connectivity index (χ1) is 12.3. The fourth-order valence-corrected chi connectivity index (χ4v) is 2.15. The van der Waals surface area contributed by atoms with Crippen LogP contribution in [0.3, 0.4) is 0 Å². The molecule has 2 rings (SSSR count). The van der Waals surface area contributed by atoms with Crippen LogP contribution in [0.5, 0.6) is 11.5 Å². The number of rotatable bonds is 5. The molecule has 0 saturated heterocycles. The largest absolute Gasteiger partial charge is 0.496 e. The lowest BCUT2D eigenvalue weighted by Gasteiger charge is -2.15. The Labute approximate surface area is 146 Å². The number of carbonyl (C=O) groups is 2. The molecule has 0 atom stereocenters. The summed E-state index contributed by atoms with van der Waals surface area (Å²) >= 11 is 0. The van der Waals surface area contributed by atoms with Crippen LogP contribution in [0.25, 0.3) is 0 Å². The zero-order valence-corrected chi connectivity index (χ0v) is 13.8.